The quantitative estimate of drug-likeness (QED) is 0.617. The Labute approximate surface area is 140 Å². The van der Waals surface area contributed by atoms with Crippen LogP contribution >= 0.6 is 11.6 Å². The summed E-state index contributed by atoms with van der Waals surface area (Å²) in [6.07, 6.45) is -4.96. The predicted molar refractivity (Wildman–Crippen MR) is 78.1 cm³/mol. The molecule has 0 bridgehead atoms. The van der Waals surface area contributed by atoms with E-state index in [0.717, 1.165) is 19.2 Å². The van der Waals surface area contributed by atoms with Gasteiger partial charge in [0.2, 0.25) is 5.91 Å². The summed E-state index contributed by atoms with van der Waals surface area (Å²) in [7, 11) is 1.05. The molecular weight excluding hydrogens is 351 g/mol. The number of carbonyl (C=O) groups excluding carboxylic acids is 2. The molecule has 3 N–H and O–H groups in total. The first-order valence-corrected chi connectivity index (χ1v) is 7.31. The lowest BCUT2D eigenvalue weighted by Crippen LogP contribution is -2.40. The van der Waals surface area contributed by atoms with E-state index in [1.165, 1.54) is 6.07 Å². The molecule has 1 amide bonds. The molecule has 1 fully saturated rings. The molecule has 132 valence electrons. The van der Waals surface area contributed by atoms with Crippen LogP contribution in [0.15, 0.2) is 18.2 Å². The van der Waals surface area contributed by atoms with Crippen molar-refractivity contribution < 1.29 is 32.6 Å². The molecule has 1 aromatic carbocycles. The first-order chi connectivity index (χ1) is 11.1. The Morgan fingerprint density at radius 1 is 1.42 bits per heavy atom. The summed E-state index contributed by atoms with van der Waals surface area (Å²) in [5, 5.41) is 8.80. The lowest BCUT2D eigenvalue weighted by molar-refractivity contribution is -0.152. The van der Waals surface area contributed by atoms with Gasteiger partial charge in [0.25, 0.3) is 0 Å². The van der Waals surface area contributed by atoms with Crippen molar-refractivity contribution in [2.24, 2.45) is 11.1 Å². The van der Waals surface area contributed by atoms with Crippen molar-refractivity contribution in [3.63, 3.8) is 0 Å². The number of carbonyl (C=O) groups is 2. The molecular formula is C15H15ClF3NO4. The van der Waals surface area contributed by atoms with Gasteiger partial charge in [-0.2, -0.15) is 13.2 Å². The Morgan fingerprint density at radius 3 is 2.50 bits per heavy atom. The fourth-order valence-electron chi connectivity index (χ4n) is 3.30. The van der Waals surface area contributed by atoms with Crippen molar-refractivity contribution in [3.8, 4) is 0 Å². The Morgan fingerprint density at radius 2 is 2.04 bits per heavy atom. The normalized spacial score (nSPS) is 26.1. The zero-order chi connectivity index (χ0) is 18.3. The summed E-state index contributed by atoms with van der Waals surface area (Å²) in [5.41, 5.74) is 1.14. The minimum absolute atomic E-state index is 0.0532. The Hall–Kier alpha value is -1.80. The van der Waals surface area contributed by atoms with Crippen LogP contribution in [0, 0.1) is 5.41 Å². The van der Waals surface area contributed by atoms with Crippen LogP contribution < -0.4 is 5.73 Å². The van der Waals surface area contributed by atoms with Gasteiger partial charge in [-0.15, -0.1) is 0 Å². The van der Waals surface area contributed by atoms with E-state index in [-0.39, 0.29) is 18.4 Å². The standard InChI is InChI=1S/C15H15ClF3NO4/c1-24-12(23)14(11(20)22)7-13(14,4-5-21)8-2-3-10(16)9(6-8)15(17,18)19/h2-3,6,21H,4-5,7H2,1H3,(H2,20,22). The minimum Gasteiger partial charge on any atom is -0.468 e. The highest BCUT2D eigenvalue weighted by Crippen LogP contribution is 2.67. The second-order valence-electron chi connectivity index (χ2n) is 5.69. The number of aliphatic hydroxyl groups is 1. The summed E-state index contributed by atoms with van der Waals surface area (Å²) in [6, 6.07) is 3.12. The number of primary amides is 1. The number of halogens is 4. The van der Waals surface area contributed by atoms with Crippen molar-refractivity contribution in [2.45, 2.75) is 24.4 Å². The first-order valence-electron chi connectivity index (χ1n) is 6.93. The van der Waals surface area contributed by atoms with Crippen molar-refractivity contribution in [1.82, 2.24) is 0 Å². The van der Waals surface area contributed by atoms with Crippen LogP contribution in [0.3, 0.4) is 0 Å². The number of benzene rings is 1. The van der Waals surface area contributed by atoms with Crippen molar-refractivity contribution >= 4 is 23.5 Å². The third kappa shape index (κ3) is 2.53. The van der Waals surface area contributed by atoms with Crippen LogP contribution in [-0.2, 0) is 25.9 Å². The SMILES string of the molecule is COC(=O)C1(C(N)=O)CC1(CCO)c1ccc(Cl)c(C(F)(F)F)c1. The summed E-state index contributed by atoms with van der Waals surface area (Å²) < 4.78 is 43.9. The molecule has 0 aliphatic heterocycles. The molecule has 1 aliphatic rings. The van der Waals surface area contributed by atoms with Crippen LogP contribution in [0.5, 0.6) is 0 Å². The number of ether oxygens (including phenoxy) is 1. The Bertz CT molecular complexity index is 694. The summed E-state index contributed by atoms with van der Waals surface area (Å²) in [4.78, 5) is 24.0. The highest BCUT2D eigenvalue weighted by molar-refractivity contribution is 6.31. The number of hydrogen-bond donors (Lipinski definition) is 2. The number of esters is 1. The van der Waals surface area contributed by atoms with Crippen LogP contribution in [0.4, 0.5) is 13.2 Å². The van der Waals surface area contributed by atoms with Gasteiger partial charge >= 0.3 is 12.1 Å². The lowest BCUT2D eigenvalue weighted by atomic mass is 9.82. The zero-order valence-electron chi connectivity index (χ0n) is 12.6. The van der Waals surface area contributed by atoms with Crippen molar-refractivity contribution in [3.05, 3.63) is 34.3 Å². The third-order valence-corrected chi connectivity index (χ3v) is 4.91. The maximum absolute atomic E-state index is 13.1. The molecule has 24 heavy (non-hydrogen) atoms. The maximum Gasteiger partial charge on any atom is 0.417 e. The van der Waals surface area contributed by atoms with E-state index >= 15 is 0 Å². The number of rotatable bonds is 5. The van der Waals surface area contributed by atoms with Crippen molar-refractivity contribution in [2.75, 3.05) is 13.7 Å². The van der Waals surface area contributed by atoms with Gasteiger partial charge in [-0.3, -0.25) is 9.59 Å². The van der Waals surface area contributed by atoms with Gasteiger partial charge < -0.3 is 15.6 Å². The van der Waals surface area contributed by atoms with Gasteiger partial charge in [-0.05, 0) is 30.5 Å². The zero-order valence-corrected chi connectivity index (χ0v) is 13.4. The van der Waals surface area contributed by atoms with Crippen LogP contribution in [0.2, 0.25) is 5.02 Å². The van der Waals surface area contributed by atoms with E-state index in [1.54, 1.807) is 0 Å². The number of nitrogens with two attached hydrogens (primary N) is 1. The molecule has 2 atom stereocenters. The van der Waals surface area contributed by atoms with E-state index in [2.05, 4.69) is 4.74 Å². The second-order valence-corrected chi connectivity index (χ2v) is 6.09. The van der Waals surface area contributed by atoms with Gasteiger partial charge in [0.15, 0.2) is 5.41 Å². The molecule has 0 saturated heterocycles. The largest absolute Gasteiger partial charge is 0.468 e. The average molecular weight is 366 g/mol. The highest BCUT2D eigenvalue weighted by atomic mass is 35.5. The monoisotopic (exact) mass is 365 g/mol. The van der Waals surface area contributed by atoms with E-state index in [1.807, 2.05) is 0 Å². The molecule has 5 nitrogen and oxygen atoms in total. The van der Waals surface area contributed by atoms with Crippen LogP contribution in [0.1, 0.15) is 24.0 Å². The van der Waals surface area contributed by atoms with Crippen LogP contribution in [-0.4, -0.2) is 30.7 Å². The molecule has 2 rings (SSSR count). The average Bonchev–Trinajstić information content (AvgIpc) is 3.17. The third-order valence-electron chi connectivity index (χ3n) is 4.58. The van der Waals surface area contributed by atoms with E-state index in [0.29, 0.717) is 0 Å². The highest BCUT2D eigenvalue weighted by Gasteiger charge is 2.77. The molecule has 1 aliphatic carbocycles. The molecule has 0 heterocycles. The van der Waals surface area contributed by atoms with E-state index < -0.39 is 46.1 Å². The molecule has 0 aromatic heterocycles. The molecule has 1 aromatic rings. The summed E-state index contributed by atoms with van der Waals surface area (Å²) in [6.45, 7) is -0.448. The van der Waals surface area contributed by atoms with Crippen LogP contribution in [0.25, 0.3) is 0 Å². The lowest BCUT2D eigenvalue weighted by Gasteiger charge is -2.23. The van der Waals surface area contributed by atoms with Gasteiger partial charge in [0.1, 0.15) is 0 Å². The van der Waals surface area contributed by atoms with Crippen molar-refractivity contribution in [1.29, 1.82) is 0 Å². The van der Waals surface area contributed by atoms with E-state index in [4.69, 9.17) is 17.3 Å². The summed E-state index contributed by atoms with van der Waals surface area (Å²) >= 11 is 5.60. The number of amides is 1. The molecule has 2 unspecified atom stereocenters. The molecule has 1 saturated carbocycles. The molecule has 9 heteroatoms. The number of aliphatic hydroxyl groups excluding tert-OH is 1. The second kappa shape index (κ2) is 5.93. The maximum atomic E-state index is 13.1. The van der Waals surface area contributed by atoms with Gasteiger partial charge in [0.05, 0.1) is 17.7 Å². The van der Waals surface area contributed by atoms with Gasteiger partial charge in [0, 0.05) is 12.0 Å². The Kier molecular flexibility index (Phi) is 4.58. The first kappa shape index (κ1) is 18.5. The Balaban J connectivity index is 2.63. The summed E-state index contributed by atoms with van der Waals surface area (Å²) in [5.74, 6) is -1.95. The van der Waals surface area contributed by atoms with Gasteiger partial charge in [-0.25, -0.2) is 0 Å². The fourth-order valence-corrected chi connectivity index (χ4v) is 3.52. The number of alkyl halides is 3. The van der Waals surface area contributed by atoms with E-state index in [9.17, 15) is 27.9 Å². The topological polar surface area (TPSA) is 89.6 Å². The molecule has 0 radical (unpaired) electrons. The smallest absolute Gasteiger partial charge is 0.417 e. The minimum atomic E-state index is -4.71. The fraction of sp³-hybridized carbons (Fsp3) is 0.467. The number of methoxy groups -OCH3 is 1. The predicted octanol–water partition coefficient (Wildman–Crippen LogP) is 2.03. The molecule has 0 spiro atoms. The van der Waals surface area contributed by atoms with Gasteiger partial charge in [-0.1, -0.05) is 17.7 Å². The number of hydrogen-bond acceptors (Lipinski definition) is 4.